The van der Waals surface area contributed by atoms with Crippen LogP contribution in [0.4, 0.5) is 11.4 Å². The van der Waals surface area contributed by atoms with E-state index in [0.29, 0.717) is 18.2 Å². The first kappa shape index (κ1) is 14.7. The van der Waals surface area contributed by atoms with Crippen molar-refractivity contribution in [2.45, 2.75) is 32.2 Å². The third-order valence-corrected chi connectivity index (χ3v) is 4.36. The monoisotopic (exact) mass is 272 g/mol. The van der Waals surface area contributed by atoms with Crippen LogP contribution in [0.1, 0.15) is 25.3 Å². The highest BCUT2D eigenvalue weighted by Gasteiger charge is 2.22. The Balaban J connectivity index is 2.08. The van der Waals surface area contributed by atoms with Gasteiger partial charge in [-0.3, -0.25) is 0 Å². The molecule has 1 fully saturated rings. The Morgan fingerprint density at radius 2 is 2.10 bits per heavy atom. The van der Waals surface area contributed by atoms with E-state index in [9.17, 15) is 0 Å². The standard InChI is InChI=1S/C16H24N4/c1-3-20-10-7-14(8-11-20)19(2)15-4-5-16(18)13(12-15)6-9-17/h4-5,12,14H,3,6-8,10-11,18H2,1-2H3. The third-order valence-electron chi connectivity index (χ3n) is 4.36. The molecule has 0 unspecified atom stereocenters. The van der Waals surface area contributed by atoms with Crippen molar-refractivity contribution < 1.29 is 0 Å². The number of rotatable bonds is 4. The predicted molar refractivity (Wildman–Crippen MR) is 83.7 cm³/mol. The number of likely N-dealkylation sites (tertiary alicyclic amines) is 1. The number of hydrogen-bond acceptors (Lipinski definition) is 4. The van der Waals surface area contributed by atoms with Crippen LogP contribution in [0.15, 0.2) is 18.2 Å². The Hall–Kier alpha value is -1.73. The maximum atomic E-state index is 8.85. The van der Waals surface area contributed by atoms with Crippen molar-refractivity contribution in [2.24, 2.45) is 0 Å². The molecule has 2 rings (SSSR count). The highest BCUT2D eigenvalue weighted by atomic mass is 15.2. The van der Waals surface area contributed by atoms with Gasteiger partial charge in [0.1, 0.15) is 0 Å². The highest BCUT2D eigenvalue weighted by molar-refractivity contribution is 5.59. The molecule has 0 atom stereocenters. The summed E-state index contributed by atoms with van der Waals surface area (Å²) in [6.45, 7) is 5.71. The summed E-state index contributed by atoms with van der Waals surface area (Å²) < 4.78 is 0. The molecule has 1 saturated heterocycles. The Bertz CT molecular complexity index is 484. The average Bonchev–Trinajstić information content (AvgIpc) is 2.49. The molecule has 1 aliphatic heterocycles. The molecule has 0 saturated carbocycles. The van der Waals surface area contributed by atoms with E-state index in [4.69, 9.17) is 11.0 Å². The lowest BCUT2D eigenvalue weighted by Gasteiger charge is -2.37. The number of anilines is 2. The van der Waals surface area contributed by atoms with Gasteiger partial charge in [0, 0.05) is 37.6 Å². The van der Waals surface area contributed by atoms with Crippen LogP contribution in [0.5, 0.6) is 0 Å². The SMILES string of the molecule is CCN1CCC(N(C)c2ccc(N)c(CC#N)c2)CC1. The minimum absolute atomic E-state index is 0.377. The van der Waals surface area contributed by atoms with Crippen molar-refractivity contribution in [3.8, 4) is 6.07 Å². The molecule has 1 aromatic carbocycles. The zero-order valence-corrected chi connectivity index (χ0v) is 12.5. The van der Waals surface area contributed by atoms with E-state index in [0.717, 1.165) is 12.1 Å². The maximum absolute atomic E-state index is 8.85. The molecule has 0 aromatic heterocycles. The molecule has 2 N–H and O–H groups in total. The molecule has 20 heavy (non-hydrogen) atoms. The van der Waals surface area contributed by atoms with Gasteiger partial charge < -0.3 is 15.5 Å². The second kappa shape index (κ2) is 6.62. The summed E-state index contributed by atoms with van der Waals surface area (Å²) >= 11 is 0. The molecule has 1 aromatic rings. The fraction of sp³-hybridized carbons (Fsp3) is 0.562. The van der Waals surface area contributed by atoms with Crippen LogP contribution in [0.2, 0.25) is 0 Å². The highest BCUT2D eigenvalue weighted by Crippen LogP contribution is 2.25. The van der Waals surface area contributed by atoms with E-state index in [1.807, 2.05) is 6.07 Å². The van der Waals surface area contributed by atoms with E-state index < -0.39 is 0 Å². The van der Waals surface area contributed by atoms with Gasteiger partial charge in [-0.05, 0) is 43.1 Å². The van der Waals surface area contributed by atoms with E-state index in [1.54, 1.807) is 0 Å². The minimum Gasteiger partial charge on any atom is -0.398 e. The largest absolute Gasteiger partial charge is 0.398 e. The Kier molecular flexibility index (Phi) is 4.86. The minimum atomic E-state index is 0.377. The van der Waals surface area contributed by atoms with E-state index in [-0.39, 0.29) is 0 Å². The van der Waals surface area contributed by atoms with Gasteiger partial charge in [-0.2, -0.15) is 5.26 Å². The van der Waals surface area contributed by atoms with Crippen LogP contribution < -0.4 is 10.6 Å². The lowest BCUT2D eigenvalue weighted by molar-refractivity contribution is 0.221. The zero-order chi connectivity index (χ0) is 14.5. The van der Waals surface area contributed by atoms with Gasteiger partial charge in [-0.15, -0.1) is 0 Å². The van der Waals surface area contributed by atoms with E-state index >= 15 is 0 Å². The second-order valence-corrected chi connectivity index (χ2v) is 5.49. The van der Waals surface area contributed by atoms with Crippen molar-refractivity contribution >= 4 is 11.4 Å². The quantitative estimate of drug-likeness (QED) is 0.854. The molecule has 0 amide bonds. The molecule has 0 bridgehead atoms. The number of nitrogens with zero attached hydrogens (tertiary/aromatic N) is 3. The van der Waals surface area contributed by atoms with Crippen molar-refractivity contribution in [2.75, 3.05) is 37.3 Å². The van der Waals surface area contributed by atoms with Crippen LogP contribution in [0.25, 0.3) is 0 Å². The first-order chi connectivity index (χ1) is 9.65. The van der Waals surface area contributed by atoms with Crippen LogP contribution in [0, 0.1) is 11.3 Å². The fourth-order valence-electron chi connectivity index (χ4n) is 2.88. The molecule has 0 spiro atoms. The zero-order valence-electron chi connectivity index (χ0n) is 12.5. The lowest BCUT2D eigenvalue weighted by atomic mass is 10.0. The van der Waals surface area contributed by atoms with Crippen LogP contribution in [-0.2, 0) is 6.42 Å². The molecule has 108 valence electrons. The fourth-order valence-corrected chi connectivity index (χ4v) is 2.88. The van der Waals surface area contributed by atoms with Crippen molar-refractivity contribution in [1.29, 1.82) is 5.26 Å². The van der Waals surface area contributed by atoms with Crippen LogP contribution in [-0.4, -0.2) is 37.6 Å². The second-order valence-electron chi connectivity index (χ2n) is 5.49. The number of nitrogens with two attached hydrogens (primary N) is 1. The molecule has 1 heterocycles. The number of nitrogen functional groups attached to an aromatic ring is 1. The van der Waals surface area contributed by atoms with Gasteiger partial charge in [0.2, 0.25) is 0 Å². The van der Waals surface area contributed by atoms with Gasteiger partial charge in [-0.25, -0.2) is 0 Å². The first-order valence-electron chi connectivity index (χ1n) is 7.36. The number of nitriles is 1. The summed E-state index contributed by atoms with van der Waals surface area (Å²) in [6.07, 6.45) is 2.77. The van der Waals surface area contributed by atoms with Gasteiger partial charge in [-0.1, -0.05) is 6.92 Å². The average molecular weight is 272 g/mol. The van der Waals surface area contributed by atoms with E-state index in [2.05, 4.69) is 42.0 Å². The number of piperidine rings is 1. The molecule has 0 radical (unpaired) electrons. The molecular weight excluding hydrogens is 248 g/mol. The summed E-state index contributed by atoms with van der Waals surface area (Å²) in [5.41, 5.74) is 8.73. The van der Waals surface area contributed by atoms with Crippen LogP contribution >= 0.6 is 0 Å². The third kappa shape index (κ3) is 3.23. The predicted octanol–water partition coefficient (Wildman–Crippen LogP) is 2.26. The maximum Gasteiger partial charge on any atom is 0.0670 e. The van der Waals surface area contributed by atoms with Crippen LogP contribution in [0.3, 0.4) is 0 Å². The number of benzene rings is 1. The van der Waals surface area contributed by atoms with Gasteiger partial charge >= 0.3 is 0 Å². The Labute approximate surface area is 121 Å². The Morgan fingerprint density at radius 3 is 2.70 bits per heavy atom. The topological polar surface area (TPSA) is 56.3 Å². The molecule has 4 heteroatoms. The molecular formula is C16H24N4. The number of hydrogen-bond donors (Lipinski definition) is 1. The van der Waals surface area contributed by atoms with Crippen molar-refractivity contribution in [3.63, 3.8) is 0 Å². The lowest BCUT2D eigenvalue weighted by Crippen LogP contribution is -2.43. The Morgan fingerprint density at radius 1 is 1.40 bits per heavy atom. The molecule has 0 aliphatic carbocycles. The summed E-state index contributed by atoms with van der Waals surface area (Å²) in [6, 6.07) is 8.79. The molecule has 4 nitrogen and oxygen atoms in total. The van der Waals surface area contributed by atoms with Crippen molar-refractivity contribution in [1.82, 2.24) is 4.90 Å². The smallest absolute Gasteiger partial charge is 0.0670 e. The van der Waals surface area contributed by atoms with Crippen molar-refractivity contribution in [3.05, 3.63) is 23.8 Å². The first-order valence-corrected chi connectivity index (χ1v) is 7.36. The summed E-state index contributed by atoms with van der Waals surface area (Å²) in [7, 11) is 2.15. The summed E-state index contributed by atoms with van der Waals surface area (Å²) in [5, 5.41) is 8.85. The van der Waals surface area contributed by atoms with Gasteiger partial charge in [0.25, 0.3) is 0 Å². The van der Waals surface area contributed by atoms with E-state index in [1.165, 1.54) is 31.6 Å². The van der Waals surface area contributed by atoms with Gasteiger partial charge in [0.15, 0.2) is 0 Å². The van der Waals surface area contributed by atoms with Gasteiger partial charge in [0.05, 0.1) is 12.5 Å². The summed E-state index contributed by atoms with van der Waals surface area (Å²) in [4.78, 5) is 4.84. The normalized spacial score (nSPS) is 16.9. The summed E-state index contributed by atoms with van der Waals surface area (Å²) in [5.74, 6) is 0. The molecule has 1 aliphatic rings.